The molecule has 3 atom stereocenters. The molecule has 18 heavy (non-hydrogen) atoms. The molecule has 0 aliphatic heterocycles. The molecule has 0 aromatic carbocycles. The number of likely N-dealkylation sites (N-methyl/N-ethyl adjacent to an activating group) is 1. The van der Waals surface area contributed by atoms with Crippen LogP contribution in [0.2, 0.25) is 0 Å². The predicted octanol–water partition coefficient (Wildman–Crippen LogP) is 0.128. The van der Waals surface area contributed by atoms with E-state index < -0.39 is 17.9 Å². The average Bonchev–Trinajstić information content (AvgIpc) is 2.37. The minimum Gasteiger partial charge on any atom is -0.481 e. The largest absolute Gasteiger partial charge is 0.481 e. The van der Waals surface area contributed by atoms with Gasteiger partial charge in [0.25, 0.3) is 0 Å². The van der Waals surface area contributed by atoms with Gasteiger partial charge < -0.3 is 15.7 Å². The van der Waals surface area contributed by atoms with E-state index in [9.17, 15) is 14.4 Å². The third-order valence-corrected chi connectivity index (χ3v) is 3.39. The summed E-state index contributed by atoms with van der Waals surface area (Å²) >= 11 is 0. The second-order valence-electron chi connectivity index (χ2n) is 4.74. The van der Waals surface area contributed by atoms with Crippen LogP contribution in [0.1, 0.15) is 32.6 Å². The van der Waals surface area contributed by atoms with E-state index in [2.05, 4.69) is 10.6 Å². The molecular weight excluding hydrogens is 236 g/mol. The number of amides is 2. The molecule has 1 aliphatic carbocycles. The third kappa shape index (κ3) is 3.72. The van der Waals surface area contributed by atoms with Gasteiger partial charge >= 0.3 is 5.97 Å². The van der Waals surface area contributed by atoms with Gasteiger partial charge in [0.15, 0.2) is 0 Å². The second kappa shape index (κ2) is 6.37. The predicted molar refractivity (Wildman–Crippen MR) is 64.8 cm³/mol. The molecular formula is C12H20N2O4. The SMILES string of the molecule is CNC(=O)C(C)NC(=O)C1CCCC(C(=O)O)C1. The van der Waals surface area contributed by atoms with Crippen LogP contribution < -0.4 is 10.6 Å². The van der Waals surface area contributed by atoms with Gasteiger partial charge in [-0.2, -0.15) is 0 Å². The quantitative estimate of drug-likeness (QED) is 0.666. The van der Waals surface area contributed by atoms with E-state index in [4.69, 9.17) is 5.11 Å². The number of carboxylic acid groups (broad SMARTS) is 1. The summed E-state index contributed by atoms with van der Waals surface area (Å²) in [5, 5.41) is 14.0. The summed E-state index contributed by atoms with van der Waals surface area (Å²) in [5.74, 6) is -2.06. The number of hydrogen-bond donors (Lipinski definition) is 3. The number of carboxylic acids is 1. The van der Waals surface area contributed by atoms with E-state index >= 15 is 0 Å². The fourth-order valence-corrected chi connectivity index (χ4v) is 2.27. The Morgan fingerprint density at radius 1 is 1.22 bits per heavy atom. The molecule has 1 rings (SSSR count). The van der Waals surface area contributed by atoms with Crippen molar-refractivity contribution < 1.29 is 19.5 Å². The van der Waals surface area contributed by atoms with E-state index in [0.29, 0.717) is 19.3 Å². The Balaban J connectivity index is 2.51. The van der Waals surface area contributed by atoms with Crippen molar-refractivity contribution in [2.45, 2.75) is 38.6 Å². The van der Waals surface area contributed by atoms with Crippen molar-refractivity contribution >= 4 is 17.8 Å². The monoisotopic (exact) mass is 256 g/mol. The first kappa shape index (κ1) is 14.5. The highest BCUT2D eigenvalue weighted by Gasteiger charge is 2.31. The summed E-state index contributed by atoms with van der Waals surface area (Å²) in [6.45, 7) is 1.61. The van der Waals surface area contributed by atoms with Gasteiger partial charge in [-0.15, -0.1) is 0 Å². The van der Waals surface area contributed by atoms with Crippen molar-refractivity contribution in [3.05, 3.63) is 0 Å². The van der Waals surface area contributed by atoms with E-state index in [1.54, 1.807) is 6.92 Å². The maximum Gasteiger partial charge on any atom is 0.306 e. The molecule has 1 aliphatic rings. The summed E-state index contributed by atoms with van der Waals surface area (Å²) in [4.78, 5) is 34.1. The standard InChI is InChI=1S/C12H20N2O4/c1-7(10(15)13-2)14-11(16)8-4-3-5-9(6-8)12(17)18/h7-9H,3-6H2,1-2H3,(H,13,15)(H,14,16)(H,17,18). The minimum atomic E-state index is -0.841. The number of hydrogen-bond acceptors (Lipinski definition) is 3. The molecule has 0 radical (unpaired) electrons. The summed E-state index contributed by atoms with van der Waals surface area (Å²) in [6, 6.07) is -0.590. The number of carbonyl (C=O) groups is 3. The van der Waals surface area contributed by atoms with Gasteiger partial charge in [-0.05, 0) is 26.2 Å². The van der Waals surface area contributed by atoms with Gasteiger partial charge in [0.2, 0.25) is 11.8 Å². The number of carbonyl (C=O) groups excluding carboxylic acids is 2. The van der Waals surface area contributed by atoms with Crippen molar-refractivity contribution in [3.63, 3.8) is 0 Å². The lowest BCUT2D eigenvalue weighted by atomic mass is 9.81. The zero-order chi connectivity index (χ0) is 13.7. The van der Waals surface area contributed by atoms with Gasteiger partial charge in [-0.1, -0.05) is 6.42 Å². The molecule has 1 saturated carbocycles. The van der Waals surface area contributed by atoms with Crippen molar-refractivity contribution in [2.24, 2.45) is 11.8 Å². The van der Waals surface area contributed by atoms with Crippen molar-refractivity contribution in [1.29, 1.82) is 0 Å². The Labute approximate surface area is 106 Å². The van der Waals surface area contributed by atoms with Crippen LogP contribution in [0.5, 0.6) is 0 Å². The van der Waals surface area contributed by atoms with Gasteiger partial charge in [0, 0.05) is 13.0 Å². The fraction of sp³-hybridized carbons (Fsp3) is 0.750. The summed E-state index contributed by atoms with van der Waals surface area (Å²) in [6.07, 6.45) is 2.42. The lowest BCUT2D eigenvalue weighted by molar-refractivity contribution is -0.144. The van der Waals surface area contributed by atoms with E-state index in [0.717, 1.165) is 6.42 Å². The molecule has 2 amide bonds. The zero-order valence-corrected chi connectivity index (χ0v) is 10.7. The molecule has 0 aromatic heterocycles. The fourth-order valence-electron chi connectivity index (χ4n) is 2.27. The number of aliphatic carboxylic acids is 1. The summed E-state index contributed by atoms with van der Waals surface area (Å²) in [5.41, 5.74) is 0. The molecule has 3 unspecified atom stereocenters. The zero-order valence-electron chi connectivity index (χ0n) is 10.7. The van der Waals surface area contributed by atoms with Crippen molar-refractivity contribution in [3.8, 4) is 0 Å². The van der Waals surface area contributed by atoms with Crippen LogP contribution in [0.4, 0.5) is 0 Å². The van der Waals surface area contributed by atoms with Crippen molar-refractivity contribution in [2.75, 3.05) is 7.05 Å². The highest BCUT2D eigenvalue weighted by atomic mass is 16.4. The van der Waals surface area contributed by atoms with Crippen LogP contribution in [0.15, 0.2) is 0 Å². The number of nitrogens with one attached hydrogen (secondary N) is 2. The maximum absolute atomic E-state index is 11.9. The van der Waals surface area contributed by atoms with E-state index in [-0.39, 0.29) is 17.7 Å². The maximum atomic E-state index is 11.9. The van der Waals surface area contributed by atoms with Gasteiger partial charge in [0.05, 0.1) is 5.92 Å². The van der Waals surface area contributed by atoms with E-state index in [1.807, 2.05) is 0 Å². The summed E-state index contributed by atoms with van der Waals surface area (Å²) in [7, 11) is 1.51. The Morgan fingerprint density at radius 3 is 2.39 bits per heavy atom. The number of rotatable bonds is 4. The molecule has 0 heterocycles. The molecule has 1 fully saturated rings. The molecule has 0 saturated heterocycles. The first-order chi connectivity index (χ1) is 8.45. The molecule has 0 spiro atoms. The van der Waals surface area contributed by atoms with Crippen LogP contribution in [-0.4, -0.2) is 36.0 Å². The average molecular weight is 256 g/mol. The molecule has 6 heteroatoms. The highest BCUT2D eigenvalue weighted by molar-refractivity contribution is 5.88. The molecule has 102 valence electrons. The lowest BCUT2D eigenvalue weighted by Crippen LogP contribution is -2.46. The van der Waals surface area contributed by atoms with Crippen LogP contribution in [-0.2, 0) is 14.4 Å². The normalized spacial score (nSPS) is 25.0. The molecule has 3 N–H and O–H groups in total. The Bertz CT molecular complexity index is 343. The Morgan fingerprint density at radius 2 is 1.83 bits per heavy atom. The molecule has 0 aromatic rings. The first-order valence-corrected chi connectivity index (χ1v) is 6.20. The van der Waals surface area contributed by atoms with Crippen LogP contribution in [0.3, 0.4) is 0 Å². The highest BCUT2D eigenvalue weighted by Crippen LogP contribution is 2.29. The second-order valence-corrected chi connectivity index (χ2v) is 4.74. The van der Waals surface area contributed by atoms with Crippen LogP contribution in [0.25, 0.3) is 0 Å². The molecule has 0 bridgehead atoms. The lowest BCUT2D eigenvalue weighted by Gasteiger charge is -2.26. The minimum absolute atomic E-state index is 0.225. The third-order valence-electron chi connectivity index (χ3n) is 3.39. The van der Waals surface area contributed by atoms with E-state index in [1.165, 1.54) is 7.05 Å². The van der Waals surface area contributed by atoms with Crippen LogP contribution in [0, 0.1) is 11.8 Å². The Kier molecular flexibility index (Phi) is 5.12. The topological polar surface area (TPSA) is 95.5 Å². The Hall–Kier alpha value is -1.59. The van der Waals surface area contributed by atoms with Crippen LogP contribution >= 0.6 is 0 Å². The first-order valence-electron chi connectivity index (χ1n) is 6.20. The van der Waals surface area contributed by atoms with Gasteiger partial charge in [-0.3, -0.25) is 14.4 Å². The van der Waals surface area contributed by atoms with Gasteiger partial charge in [0.1, 0.15) is 6.04 Å². The summed E-state index contributed by atoms with van der Waals surface area (Å²) < 4.78 is 0. The van der Waals surface area contributed by atoms with Crippen molar-refractivity contribution in [1.82, 2.24) is 10.6 Å². The molecule has 6 nitrogen and oxygen atoms in total. The van der Waals surface area contributed by atoms with Gasteiger partial charge in [-0.25, -0.2) is 0 Å². The smallest absolute Gasteiger partial charge is 0.306 e.